The van der Waals surface area contributed by atoms with E-state index in [0.717, 1.165) is 61.1 Å². The highest BCUT2D eigenvalue weighted by Gasteiger charge is 2.27. The zero-order valence-corrected chi connectivity index (χ0v) is 25.5. The van der Waals surface area contributed by atoms with Crippen molar-refractivity contribution in [3.63, 3.8) is 0 Å². The van der Waals surface area contributed by atoms with Gasteiger partial charge in [-0.25, -0.2) is 9.97 Å². The largest absolute Gasteiger partial charge is 0.455 e. The van der Waals surface area contributed by atoms with Crippen molar-refractivity contribution in [2.24, 2.45) is 0 Å². The molecule has 0 radical (unpaired) electrons. The number of nitrogens with zero attached hydrogens (tertiary/aromatic N) is 3. The molecule has 1 aliphatic carbocycles. The van der Waals surface area contributed by atoms with Crippen LogP contribution in [0, 0.1) is 0 Å². The summed E-state index contributed by atoms with van der Waals surface area (Å²) in [6.07, 6.45) is 0. The van der Waals surface area contributed by atoms with E-state index in [9.17, 15) is 0 Å². The Kier molecular flexibility index (Phi) is 4.44. The first kappa shape index (κ1) is 24.7. The van der Waals surface area contributed by atoms with Crippen molar-refractivity contribution in [3.8, 4) is 28.2 Å². The Morgan fingerprint density at radius 2 is 0.979 bits per heavy atom. The number of furan rings is 1. The van der Waals surface area contributed by atoms with Crippen molar-refractivity contribution >= 4 is 87.1 Å². The lowest BCUT2D eigenvalue weighted by Gasteiger charge is -2.16. The maximum atomic E-state index is 6.59. The van der Waals surface area contributed by atoms with Gasteiger partial charge >= 0.3 is 0 Å². The highest BCUT2D eigenvalue weighted by atomic mass is 16.3. The molecule has 0 bridgehead atoms. The van der Waals surface area contributed by atoms with E-state index in [0.29, 0.717) is 0 Å². The van der Waals surface area contributed by atoms with E-state index in [4.69, 9.17) is 14.4 Å². The second-order valence-corrected chi connectivity index (χ2v) is 12.9. The van der Waals surface area contributed by atoms with Crippen LogP contribution in [0.2, 0.25) is 0 Å². The van der Waals surface area contributed by atoms with Crippen LogP contribution in [0.3, 0.4) is 0 Å². The predicted octanol–water partition coefficient (Wildman–Crippen LogP) is 11.7. The van der Waals surface area contributed by atoms with Gasteiger partial charge in [0, 0.05) is 32.5 Å². The molecule has 0 N–H and O–H groups in total. The van der Waals surface area contributed by atoms with Crippen molar-refractivity contribution in [2.45, 2.75) is 0 Å². The minimum atomic E-state index is 0.791. The van der Waals surface area contributed by atoms with Crippen molar-refractivity contribution in [1.29, 1.82) is 0 Å². The van der Waals surface area contributed by atoms with E-state index in [-0.39, 0.29) is 0 Å². The highest BCUT2D eigenvalue weighted by molar-refractivity contribution is 6.38. The van der Waals surface area contributed by atoms with Crippen LogP contribution in [0.5, 0.6) is 0 Å². The Morgan fingerprint density at radius 1 is 0.417 bits per heavy atom. The van der Waals surface area contributed by atoms with E-state index in [2.05, 4.69) is 114 Å². The maximum Gasteiger partial charge on any atom is 0.165 e. The summed E-state index contributed by atoms with van der Waals surface area (Å²) in [5.41, 5.74) is 9.89. The van der Waals surface area contributed by atoms with Crippen LogP contribution in [-0.2, 0) is 0 Å². The molecule has 4 nitrogen and oxygen atoms in total. The van der Waals surface area contributed by atoms with Gasteiger partial charge in [0.2, 0.25) is 0 Å². The van der Waals surface area contributed by atoms with Gasteiger partial charge in [-0.1, -0.05) is 103 Å². The number of rotatable bonds is 2. The average molecular weight is 610 g/mol. The Labute approximate surface area is 273 Å². The van der Waals surface area contributed by atoms with Crippen LogP contribution < -0.4 is 0 Å². The van der Waals surface area contributed by atoms with Crippen molar-refractivity contribution in [3.05, 3.63) is 140 Å². The van der Waals surface area contributed by atoms with Gasteiger partial charge in [-0.15, -0.1) is 0 Å². The van der Waals surface area contributed by atoms with Gasteiger partial charge < -0.3 is 4.42 Å². The molecule has 0 aliphatic heterocycles. The molecule has 220 valence electrons. The van der Waals surface area contributed by atoms with Gasteiger partial charge in [0.25, 0.3) is 0 Å². The Morgan fingerprint density at radius 3 is 1.75 bits per heavy atom. The molecule has 0 spiro atoms. The monoisotopic (exact) mass is 609 g/mol. The van der Waals surface area contributed by atoms with E-state index in [1.807, 2.05) is 30.3 Å². The molecule has 0 atom stereocenters. The number of para-hydroxylation sites is 4. The SMILES string of the molecule is c1cc2c3c(c1)ccc1ccc4c(c13)c1c3c-2cccc3ccc1n4-c1nc2ccccc2nc1-c1cccc2c1oc1ccccc12. The molecule has 0 saturated heterocycles. The number of benzene rings is 8. The minimum absolute atomic E-state index is 0.791. The lowest BCUT2D eigenvalue weighted by molar-refractivity contribution is 0.669. The number of hydrogen-bond donors (Lipinski definition) is 0. The van der Waals surface area contributed by atoms with E-state index in [1.165, 1.54) is 54.2 Å². The lowest BCUT2D eigenvalue weighted by Crippen LogP contribution is -2.04. The van der Waals surface area contributed by atoms with Crippen molar-refractivity contribution < 1.29 is 4.42 Å². The van der Waals surface area contributed by atoms with Crippen LogP contribution in [-0.4, -0.2) is 14.5 Å². The summed E-state index contributed by atoms with van der Waals surface area (Å²) in [6.45, 7) is 0. The molecule has 0 fully saturated rings. The van der Waals surface area contributed by atoms with Gasteiger partial charge in [0.1, 0.15) is 16.9 Å². The van der Waals surface area contributed by atoms with Gasteiger partial charge in [-0.2, -0.15) is 0 Å². The van der Waals surface area contributed by atoms with Crippen molar-refractivity contribution in [1.82, 2.24) is 14.5 Å². The first-order valence-corrected chi connectivity index (χ1v) is 16.3. The first-order chi connectivity index (χ1) is 23.8. The van der Waals surface area contributed by atoms with Crippen LogP contribution in [0.15, 0.2) is 144 Å². The smallest absolute Gasteiger partial charge is 0.165 e. The fraction of sp³-hybridized carbons (Fsp3) is 0. The summed E-state index contributed by atoms with van der Waals surface area (Å²) < 4.78 is 8.94. The molecule has 12 rings (SSSR count). The molecule has 1 aliphatic rings. The Hall–Kier alpha value is -6.52. The number of aromatic nitrogens is 3. The minimum Gasteiger partial charge on any atom is -0.455 e. The summed E-state index contributed by atoms with van der Waals surface area (Å²) in [6, 6.07) is 49.8. The Balaban J connectivity index is 1.32. The third kappa shape index (κ3) is 2.96. The summed E-state index contributed by atoms with van der Waals surface area (Å²) in [4.78, 5) is 10.8. The standard InChI is InChI=1S/C44H23N3O/c1-4-17-36-27(10-1)30-13-7-14-31(43(30)48-36)42-44(46-33-16-3-2-15-32(33)45-42)47-34-22-20-25-9-6-12-29-28-11-5-8-24-18-19-26-21-23-35(47)41(39(26)37(24)28)40(34)38(25)29/h1-23H. The molecule has 0 amide bonds. The maximum absolute atomic E-state index is 6.59. The molecule has 3 aromatic heterocycles. The molecule has 4 heteroatoms. The predicted molar refractivity (Wildman–Crippen MR) is 198 cm³/mol. The van der Waals surface area contributed by atoms with Crippen LogP contribution in [0.1, 0.15) is 0 Å². The second kappa shape index (κ2) is 8.64. The van der Waals surface area contributed by atoms with Gasteiger partial charge in [-0.3, -0.25) is 4.57 Å². The van der Waals surface area contributed by atoms with E-state index >= 15 is 0 Å². The molecule has 0 unspecified atom stereocenters. The fourth-order valence-corrected chi connectivity index (χ4v) is 8.50. The summed E-state index contributed by atoms with van der Waals surface area (Å²) in [5.74, 6) is 0.791. The molecular formula is C44H23N3O. The summed E-state index contributed by atoms with van der Waals surface area (Å²) >= 11 is 0. The highest BCUT2D eigenvalue weighted by Crippen LogP contribution is 2.50. The molecule has 3 heterocycles. The molecule has 48 heavy (non-hydrogen) atoms. The van der Waals surface area contributed by atoms with Gasteiger partial charge in [-0.05, 0) is 74.5 Å². The molecular weight excluding hydrogens is 587 g/mol. The van der Waals surface area contributed by atoms with Crippen LogP contribution in [0.4, 0.5) is 0 Å². The number of hydrogen-bond acceptors (Lipinski definition) is 3. The second-order valence-electron chi connectivity index (χ2n) is 12.9. The van der Waals surface area contributed by atoms with E-state index in [1.54, 1.807) is 0 Å². The number of fused-ring (bicyclic) bond motifs is 5. The first-order valence-electron chi connectivity index (χ1n) is 16.3. The zero-order valence-electron chi connectivity index (χ0n) is 25.5. The summed E-state index contributed by atoms with van der Waals surface area (Å²) in [7, 11) is 0. The molecule has 11 aromatic rings. The van der Waals surface area contributed by atoms with Gasteiger partial charge in [0.15, 0.2) is 5.82 Å². The fourth-order valence-electron chi connectivity index (χ4n) is 8.50. The summed E-state index contributed by atoms with van der Waals surface area (Å²) in [5, 5.41) is 12.3. The van der Waals surface area contributed by atoms with E-state index < -0.39 is 0 Å². The molecule has 0 saturated carbocycles. The van der Waals surface area contributed by atoms with Gasteiger partial charge in [0.05, 0.1) is 22.1 Å². The van der Waals surface area contributed by atoms with Crippen LogP contribution >= 0.6 is 0 Å². The quantitative estimate of drug-likeness (QED) is 0.183. The molecule has 8 aromatic carbocycles. The van der Waals surface area contributed by atoms with Crippen molar-refractivity contribution in [2.75, 3.05) is 0 Å². The normalized spacial score (nSPS) is 12.6. The Bertz CT molecular complexity index is 3240. The lowest BCUT2D eigenvalue weighted by atomic mass is 9.93. The topological polar surface area (TPSA) is 43.9 Å². The zero-order chi connectivity index (χ0) is 31.1. The third-order valence-electron chi connectivity index (χ3n) is 10.5. The third-order valence-corrected chi connectivity index (χ3v) is 10.5. The van der Waals surface area contributed by atoms with Crippen LogP contribution in [0.25, 0.3) is 115 Å². The average Bonchev–Trinajstić information content (AvgIpc) is 3.65.